The molecule has 3 N–H and O–H groups in total. The maximum absolute atomic E-state index is 12.4. The molecule has 0 unspecified atom stereocenters. The second-order valence-corrected chi connectivity index (χ2v) is 7.00. The van der Waals surface area contributed by atoms with E-state index in [9.17, 15) is 9.59 Å². The van der Waals surface area contributed by atoms with Crippen LogP contribution in [0, 0.1) is 6.92 Å². The van der Waals surface area contributed by atoms with Crippen LogP contribution in [0.15, 0.2) is 48.8 Å². The second kappa shape index (κ2) is 8.61. The molecule has 0 saturated carbocycles. The molecule has 0 aliphatic carbocycles. The smallest absolute Gasteiger partial charge is 0.325 e. The first kappa shape index (κ1) is 18.8. The molecule has 0 saturated heterocycles. The Morgan fingerprint density at radius 3 is 2.78 bits per heavy atom. The van der Waals surface area contributed by atoms with Crippen LogP contribution in [-0.2, 0) is 6.54 Å². The van der Waals surface area contributed by atoms with Crippen LogP contribution in [0.5, 0.6) is 0 Å². The number of aryl methyl sites for hydroxylation is 1. The van der Waals surface area contributed by atoms with Gasteiger partial charge in [0.1, 0.15) is 4.88 Å². The Hall–Kier alpha value is -2.97. The van der Waals surface area contributed by atoms with Gasteiger partial charge in [0.25, 0.3) is 5.91 Å². The first-order valence-corrected chi connectivity index (χ1v) is 9.19. The van der Waals surface area contributed by atoms with E-state index in [-0.39, 0.29) is 5.91 Å². The van der Waals surface area contributed by atoms with Gasteiger partial charge < -0.3 is 10.6 Å². The van der Waals surface area contributed by atoms with Crippen LogP contribution in [0.2, 0.25) is 5.02 Å². The Balaban J connectivity index is 1.60. The Bertz CT molecular complexity index is 961. The predicted molar refractivity (Wildman–Crippen MR) is 106 cm³/mol. The number of carbonyl (C=O) groups is 2. The highest BCUT2D eigenvalue weighted by Gasteiger charge is 2.16. The molecule has 9 heteroatoms. The molecule has 3 amide bonds. The molecular formula is C18H16ClN5O2S. The van der Waals surface area contributed by atoms with E-state index in [4.69, 9.17) is 11.6 Å². The zero-order chi connectivity index (χ0) is 19.2. The Labute approximate surface area is 164 Å². The first-order valence-electron chi connectivity index (χ1n) is 7.99. The molecule has 3 rings (SSSR count). The zero-order valence-electron chi connectivity index (χ0n) is 14.3. The molecule has 27 heavy (non-hydrogen) atoms. The molecule has 0 aliphatic rings. The third-order valence-corrected chi connectivity index (χ3v) is 4.79. The largest absolute Gasteiger partial charge is 0.347 e. The standard InChI is InChI=1S/C18H16ClN5O2S/c1-11-15(16(25)21-10-12-4-3-7-20-9-12)27-18(22-11)24-17(26)23-14-6-2-5-13(19)8-14/h2-9H,10H2,1H3,(H,21,25)(H2,22,23,24,26). The van der Waals surface area contributed by atoms with Gasteiger partial charge in [0.2, 0.25) is 0 Å². The van der Waals surface area contributed by atoms with Gasteiger partial charge in [-0.25, -0.2) is 9.78 Å². The minimum atomic E-state index is -0.465. The van der Waals surface area contributed by atoms with Gasteiger partial charge in [-0.2, -0.15) is 0 Å². The number of aromatic nitrogens is 2. The molecular weight excluding hydrogens is 386 g/mol. The molecule has 0 spiro atoms. The summed E-state index contributed by atoms with van der Waals surface area (Å²) in [6.07, 6.45) is 3.36. The van der Waals surface area contributed by atoms with Crippen LogP contribution in [0.1, 0.15) is 20.9 Å². The number of nitrogens with zero attached hydrogens (tertiary/aromatic N) is 2. The van der Waals surface area contributed by atoms with Crippen LogP contribution in [0.3, 0.4) is 0 Å². The van der Waals surface area contributed by atoms with Gasteiger partial charge in [-0.05, 0) is 36.8 Å². The van der Waals surface area contributed by atoms with Gasteiger partial charge >= 0.3 is 6.03 Å². The van der Waals surface area contributed by atoms with Crippen molar-refractivity contribution < 1.29 is 9.59 Å². The molecule has 0 fully saturated rings. The van der Waals surface area contributed by atoms with Crippen LogP contribution >= 0.6 is 22.9 Å². The molecule has 138 valence electrons. The molecule has 1 aromatic carbocycles. The fourth-order valence-corrected chi connectivity index (χ4v) is 3.32. The number of hydrogen-bond donors (Lipinski definition) is 3. The number of carbonyl (C=O) groups excluding carboxylic acids is 2. The average molecular weight is 402 g/mol. The molecule has 7 nitrogen and oxygen atoms in total. The van der Waals surface area contributed by atoms with E-state index in [1.54, 1.807) is 49.6 Å². The Morgan fingerprint density at radius 1 is 1.19 bits per heavy atom. The van der Waals surface area contributed by atoms with E-state index in [2.05, 4.69) is 25.9 Å². The van der Waals surface area contributed by atoms with E-state index < -0.39 is 6.03 Å². The minimum Gasteiger partial charge on any atom is -0.347 e. The molecule has 0 aliphatic heterocycles. The number of urea groups is 1. The van der Waals surface area contributed by atoms with Crippen molar-refractivity contribution in [1.82, 2.24) is 15.3 Å². The van der Waals surface area contributed by atoms with Crippen molar-refractivity contribution in [2.75, 3.05) is 10.6 Å². The van der Waals surface area contributed by atoms with E-state index in [1.165, 1.54) is 0 Å². The van der Waals surface area contributed by atoms with Crippen molar-refractivity contribution in [3.63, 3.8) is 0 Å². The minimum absolute atomic E-state index is 0.253. The topological polar surface area (TPSA) is 96.0 Å². The molecule has 0 radical (unpaired) electrons. The number of thiazole rings is 1. The van der Waals surface area contributed by atoms with Gasteiger partial charge in [0, 0.05) is 29.6 Å². The zero-order valence-corrected chi connectivity index (χ0v) is 15.9. The first-order chi connectivity index (χ1) is 13.0. The molecule has 0 atom stereocenters. The van der Waals surface area contributed by atoms with Crippen LogP contribution in [-0.4, -0.2) is 21.9 Å². The summed E-state index contributed by atoms with van der Waals surface area (Å²) in [5.41, 5.74) is 2.00. The molecule has 0 bridgehead atoms. The van der Waals surface area contributed by atoms with E-state index in [0.717, 1.165) is 16.9 Å². The normalized spacial score (nSPS) is 10.3. The maximum atomic E-state index is 12.4. The lowest BCUT2D eigenvalue weighted by atomic mass is 10.3. The Kier molecular flexibility index (Phi) is 6.00. The van der Waals surface area contributed by atoms with E-state index >= 15 is 0 Å². The lowest BCUT2D eigenvalue weighted by Gasteiger charge is -2.05. The third kappa shape index (κ3) is 5.25. The van der Waals surface area contributed by atoms with Crippen molar-refractivity contribution in [3.8, 4) is 0 Å². The monoisotopic (exact) mass is 401 g/mol. The fraction of sp³-hybridized carbons (Fsp3) is 0.111. The van der Waals surface area contributed by atoms with Gasteiger partial charge in [0.05, 0.1) is 5.69 Å². The van der Waals surface area contributed by atoms with Gasteiger partial charge in [-0.1, -0.05) is 35.1 Å². The van der Waals surface area contributed by atoms with Crippen molar-refractivity contribution in [1.29, 1.82) is 0 Å². The van der Waals surface area contributed by atoms with Gasteiger partial charge in [-0.3, -0.25) is 15.1 Å². The third-order valence-electron chi connectivity index (χ3n) is 3.48. The summed E-state index contributed by atoms with van der Waals surface area (Å²) in [6.45, 7) is 2.08. The molecule has 2 aromatic heterocycles. The van der Waals surface area contributed by atoms with Crippen LogP contribution < -0.4 is 16.0 Å². The summed E-state index contributed by atoms with van der Waals surface area (Å²) in [7, 11) is 0. The quantitative estimate of drug-likeness (QED) is 0.600. The summed E-state index contributed by atoms with van der Waals surface area (Å²) in [6, 6.07) is 10.0. The lowest BCUT2D eigenvalue weighted by Crippen LogP contribution is -2.22. The SMILES string of the molecule is Cc1nc(NC(=O)Nc2cccc(Cl)c2)sc1C(=O)NCc1cccnc1. The summed E-state index contributed by atoms with van der Waals surface area (Å²) in [5, 5.41) is 8.95. The number of pyridine rings is 1. The summed E-state index contributed by atoms with van der Waals surface area (Å²) in [5.74, 6) is -0.253. The van der Waals surface area contributed by atoms with Gasteiger partial charge in [0.15, 0.2) is 5.13 Å². The van der Waals surface area contributed by atoms with Crippen LogP contribution in [0.25, 0.3) is 0 Å². The van der Waals surface area contributed by atoms with E-state index in [1.807, 2.05) is 6.07 Å². The number of amides is 3. The number of benzene rings is 1. The van der Waals surface area contributed by atoms with Crippen molar-refractivity contribution in [2.45, 2.75) is 13.5 Å². The number of rotatable bonds is 5. The molecule has 3 aromatic rings. The lowest BCUT2D eigenvalue weighted by molar-refractivity contribution is 0.0954. The van der Waals surface area contributed by atoms with Crippen molar-refractivity contribution in [2.24, 2.45) is 0 Å². The number of nitrogens with one attached hydrogen (secondary N) is 3. The number of halogens is 1. The summed E-state index contributed by atoms with van der Waals surface area (Å²) < 4.78 is 0. The predicted octanol–water partition coefficient (Wildman–Crippen LogP) is 4.07. The maximum Gasteiger partial charge on any atom is 0.325 e. The average Bonchev–Trinajstić information content (AvgIpc) is 3.00. The fourth-order valence-electron chi connectivity index (χ4n) is 2.25. The Morgan fingerprint density at radius 2 is 2.04 bits per heavy atom. The second-order valence-electron chi connectivity index (χ2n) is 5.57. The summed E-state index contributed by atoms with van der Waals surface area (Å²) in [4.78, 5) is 33.1. The number of anilines is 2. The number of hydrogen-bond acceptors (Lipinski definition) is 5. The molecule has 2 heterocycles. The highest BCUT2D eigenvalue weighted by molar-refractivity contribution is 7.17. The highest BCUT2D eigenvalue weighted by Crippen LogP contribution is 2.23. The van der Waals surface area contributed by atoms with Crippen molar-refractivity contribution >= 4 is 45.7 Å². The summed E-state index contributed by atoms with van der Waals surface area (Å²) >= 11 is 7.00. The van der Waals surface area contributed by atoms with Crippen LogP contribution in [0.4, 0.5) is 15.6 Å². The van der Waals surface area contributed by atoms with Gasteiger partial charge in [-0.15, -0.1) is 0 Å². The van der Waals surface area contributed by atoms with Crippen molar-refractivity contribution in [3.05, 3.63) is 69.9 Å². The van der Waals surface area contributed by atoms with E-state index in [0.29, 0.717) is 33.0 Å². The highest BCUT2D eigenvalue weighted by atomic mass is 35.5.